The Morgan fingerprint density at radius 2 is 2.00 bits per heavy atom. The van der Waals surface area contributed by atoms with Gasteiger partial charge in [-0.2, -0.15) is 13.2 Å². The summed E-state index contributed by atoms with van der Waals surface area (Å²) in [6.07, 6.45) is -2.37. The third kappa shape index (κ3) is 4.52. The van der Waals surface area contributed by atoms with Gasteiger partial charge in [0.1, 0.15) is 6.04 Å². The van der Waals surface area contributed by atoms with Crippen LogP contribution < -0.4 is 11.1 Å². The molecule has 1 aliphatic rings. The normalized spacial score (nSPS) is 20.8. The van der Waals surface area contributed by atoms with Crippen LogP contribution in [0.3, 0.4) is 0 Å². The van der Waals surface area contributed by atoms with Crippen molar-refractivity contribution in [1.82, 2.24) is 10.2 Å². The van der Waals surface area contributed by atoms with Crippen molar-refractivity contribution >= 4 is 11.8 Å². The van der Waals surface area contributed by atoms with Gasteiger partial charge in [0.05, 0.1) is 13.1 Å². The van der Waals surface area contributed by atoms with Gasteiger partial charge in [0.25, 0.3) is 0 Å². The predicted octanol–water partition coefficient (Wildman–Crippen LogP) is 0.00470. The smallest absolute Gasteiger partial charge is 0.368 e. The lowest BCUT2D eigenvalue weighted by Gasteiger charge is -2.33. The lowest BCUT2D eigenvalue weighted by atomic mass is 10.0. The first kappa shape index (κ1) is 14.7. The molecule has 0 saturated carbocycles. The van der Waals surface area contributed by atoms with Crippen molar-refractivity contribution in [2.24, 2.45) is 5.73 Å². The molecule has 5 nitrogen and oxygen atoms in total. The highest BCUT2D eigenvalue weighted by Gasteiger charge is 2.31. The van der Waals surface area contributed by atoms with Crippen molar-refractivity contribution in [1.29, 1.82) is 0 Å². The Balaban J connectivity index is 2.46. The number of nitrogens with one attached hydrogen (secondary N) is 1. The number of piperidine rings is 1. The number of amides is 2. The van der Waals surface area contributed by atoms with E-state index in [2.05, 4.69) is 0 Å². The number of carbonyl (C=O) groups excluding carboxylic acids is 2. The molecule has 1 rings (SSSR count). The van der Waals surface area contributed by atoms with E-state index < -0.39 is 37.1 Å². The van der Waals surface area contributed by atoms with Gasteiger partial charge >= 0.3 is 6.18 Å². The quantitative estimate of drug-likeness (QED) is 0.753. The van der Waals surface area contributed by atoms with Crippen LogP contribution in [0.25, 0.3) is 0 Å². The number of hydrogen-bond acceptors (Lipinski definition) is 3. The predicted molar refractivity (Wildman–Crippen MR) is 57.5 cm³/mol. The lowest BCUT2D eigenvalue weighted by Crippen LogP contribution is -2.53. The Hall–Kier alpha value is -1.31. The minimum absolute atomic E-state index is 0.361. The molecule has 1 aliphatic heterocycles. The number of nitrogens with zero attached hydrogens (tertiary/aromatic N) is 1. The summed E-state index contributed by atoms with van der Waals surface area (Å²) in [5.74, 6) is -1.14. The van der Waals surface area contributed by atoms with Crippen LogP contribution in [0, 0.1) is 0 Å². The van der Waals surface area contributed by atoms with Gasteiger partial charge in [-0.05, 0) is 19.3 Å². The molecule has 18 heavy (non-hydrogen) atoms. The molecule has 0 bridgehead atoms. The van der Waals surface area contributed by atoms with Gasteiger partial charge in [0, 0.05) is 6.54 Å². The molecule has 0 aromatic carbocycles. The van der Waals surface area contributed by atoms with Crippen LogP contribution in [-0.2, 0) is 9.59 Å². The number of hydrogen-bond donors (Lipinski definition) is 2. The zero-order valence-corrected chi connectivity index (χ0v) is 9.79. The molecule has 1 fully saturated rings. The molecule has 1 saturated heterocycles. The van der Waals surface area contributed by atoms with Gasteiger partial charge < -0.3 is 16.0 Å². The zero-order chi connectivity index (χ0) is 13.8. The van der Waals surface area contributed by atoms with Crippen molar-refractivity contribution < 1.29 is 22.8 Å². The van der Waals surface area contributed by atoms with E-state index in [1.165, 1.54) is 4.90 Å². The molecule has 3 N–H and O–H groups in total. The molecule has 0 aromatic rings. The molecule has 104 valence electrons. The highest BCUT2D eigenvalue weighted by atomic mass is 19.4. The molecular formula is C10H16F3N3O2. The first-order valence-corrected chi connectivity index (χ1v) is 5.67. The van der Waals surface area contributed by atoms with Gasteiger partial charge in [0.15, 0.2) is 0 Å². The molecule has 1 unspecified atom stereocenters. The van der Waals surface area contributed by atoms with E-state index in [1.807, 2.05) is 5.32 Å². The van der Waals surface area contributed by atoms with Crippen LogP contribution >= 0.6 is 0 Å². The number of carbonyl (C=O) groups is 2. The van der Waals surface area contributed by atoms with E-state index in [9.17, 15) is 22.8 Å². The summed E-state index contributed by atoms with van der Waals surface area (Å²) >= 11 is 0. The Kier molecular flexibility index (Phi) is 4.94. The Labute approximate surface area is 102 Å². The summed E-state index contributed by atoms with van der Waals surface area (Å²) in [4.78, 5) is 24.1. The maximum Gasteiger partial charge on any atom is 0.401 e. The number of primary amides is 1. The SMILES string of the molecule is NC(=O)C1CCCCN1C(=O)CNCC(F)(F)F. The second kappa shape index (κ2) is 6.03. The largest absolute Gasteiger partial charge is 0.401 e. The van der Waals surface area contributed by atoms with E-state index in [4.69, 9.17) is 5.73 Å². The third-order valence-corrected chi connectivity index (χ3v) is 2.75. The van der Waals surface area contributed by atoms with Crippen molar-refractivity contribution in [3.8, 4) is 0 Å². The maximum absolute atomic E-state index is 11.9. The average Bonchev–Trinajstić information content (AvgIpc) is 2.27. The fraction of sp³-hybridized carbons (Fsp3) is 0.800. The molecule has 0 spiro atoms. The van der Waals surface area contributed by atoms with E-state index in [0.29, 0.717) is 13.0 Å². The van der Waals surface area contributed by atoms with Gasteiger partial charge in [-0.25, -0.2) is 0 Å². The molecule has 1 atom stereocenters. The van der Waals surface area contributed by atoms with Crippen LogP contribution in [-0.4, -0.2) is 48.6 Å². The number of likely N-dealkylation sites (tertiary alicyclic amines) is 1. The van der Waals surface area contributed by atoms with Crippen molar-refractivity contribution in [3.63, 3.8) is 0 Å². The summed E-state index contributed by atoms with van der Waals surface area (Å²) in [6, 6.07) is -0.695. The monoisotopic (exact) mass is 267 g/mol. The number of rotatable bonds is 4. The minimum atomic E-state index is -4.36. The highest BCUT2D eigenvalue weighted by molar-refractivity contribution is 5.87. The Bertz CT molecular complexity index is 320. The van der Waals surface area contributed by atoms with Crippen LogP contribution in [0.5, 0.6) is 0 Å². The average molecular weight is 267 g/mol. The summed E-state index contributed by atoms with van der Waals surface area (Å²) in [5.41, 5.74) is 5.16. The summed E-state index contributed by atoms with van der Waals surface area (Å²) in [6.45, 7) is -1.31. The van der Waals surface area contributed by atoms with Crippen LogP contribution in [0.4, 0.5) is 13.2 Å². The Morgan fingerprint density at radius 1 is 1.33 bits per heavy atom. The van der Waals surface area contributed by atoms with Gasteiger partial charge in [-0.1, -0.05) is 0 Å². The van der Waals surface area contributed by atoms with Gasteiger partial charge in [-0.3, -0.25) is 9.59 Å². The number of nitrogens with two attached hydrogens (primary N) is 1. The third-order valence-electron chi connectivity index (χ3n) is 2.75. The fourth-order valence-corrected chi connectivity index (χ4v) is 1.94. The molecule has 0 aromatic heterocycles. The van der Waals surface area contributed by atoms with Crippen LogP contribution in [0.15, 0.2) is 0 Å². The fourth-order valence-electron chi connectivity index (χ4n) is 1.94. The highest BCUT2D eigenvalue weighted by Crippen LogP contribution is 2.17. The van der Waals surface area contributed by atoms with Crippen molar-refractivity contribution in [3.05, 3.63) is 0 Å². The molecule has 2 amide bonds. The second-order valence-corrected chi connectivity index (χ2v) is 4.22. The van der Waals surface area contributed by atoms with Gasteiger partial charge in [0.2, 0.25) is 11.8 Å². The molecule has 1 heterocycles. The molecule has 8 heteroatoms. The standard InChI is InChI=1S/C10H16F3N3O2/c11-10(12,13)6-15-5-8(17)16-4-2-1-3-7(16)9(14)18/h7,15H,1-6H2,(H2,14,18). The summed E-state index contributed by atoms with van der Waals surface area (Å²) < 4.78 is 35.7. The van der Waals surface area contributed by atoms with E-state index in [0.717, 1.165) is 12.8 Å². The maximum atomic E-state index is 11.9. The summed E-state index contributed by atoms with van der Waals surface area (Å²) in [5, 5.41) is 2.01. The van der Waals surface area contributed by atoms with Gasteiger partial charge in [-0.15, -0.1) is 0 Å². The topological polar surface area (TPSA) is 75.4 Å². The van der Waals surface area contributed by atoms with Crippen LogP contribution in [0.2, 0.25) is 0 Å². The van der Waals surface area contributed by atoms with E-state index in [1.54, 1.807) is 0 Å². The van der Waals surface area contributed by atoms with Crippen LogP contribution in [0.1, 0.15) is 19.3 Å². The molecule has 0 aliphatic carbocycles. The zero-order valence-electron chi connectivity index (χ0n) is 9.79. The number of alkyl halides is 3. The molecular weight excluding hydrogens is 251 g/mol. The summed E-state index contributed by atoms with van der Waals surface area (Å²) in [7, 11) is 0. The van der Waals surface area contributed by atoms with E-state index >= 15 is 0 Å². The first-order chi connectivity index (χ1) is 8.31. The second-order valence-electron chi connectivity index (χ2n) is 4.22. The number of halogens is 3. The van der Waals surface area contributed by atoms with E-state index in [-0.39, 0.29) is 0 Å². The lowest BCUT2D eigenvalue weighted by molar-refractivity contribution is -0.142. The minimum Gasteiger partial charge on any atom is -0.368 e. The molecule has 0 radical (unpaired) electrons. The Morgan fingerprint density at radius 3 is 2.56 bits per heavy atom. The van der Waals surface area contributed by atoms with Crippen molar-refractivity contribution in [2.45, 2.75) is 31.5 Å². The van der Waals surface area contributed by atoms with Crippen molar-refractivity contribution in [2.75, 3.05) is 19.6 Å². The first-order valence-electron chi connectivity index (χ1n) is 5.67.